The van der Waals surface area contributed by atoms with Gasteiger partial charge in [-0.15, -0.1) is 11.8 Å². The number of fused-ring (bicyclic) bond motifs is 1. The van der Waals surface area contributed by atoms with Gasteiger partial charge in [0.25, 0.3) is 5.91 Å². The molecule has 152 valence electrons. The van der Waals surface area contributed by atoms with Crippen molar-refractivity contribution in [3.63, 3.8) is 0 Å². The van der Waals surface area contributed by atoms with Gasteiger partial charge in [0.2, 0.25) is 5.91 Å². The third-order valence-electron chi connectivity index (χ3n) is 4.95. The van der Waals surface area contributed by atoms with Crippen molar-refractivity contribution in [1.82, 2.24) is 0 Å². The van der Waals surface area contributed by atoms with E-state index in [9.17, 15) is 9.59 Å². The molecule has 1 heterocycles. The first-order valence-electron chi connectivity index (χ1n) is 9.67. The number of ether oxygens (including phenoxy) is 1. The molecule has 2 N–H and O–H groups in total. The zero-order valence-corrected chi connectivity index (χ0v) is 17.6. The van der Waals surface area contributed by atoms with E-state index in [4.69, 9.17) is 4.74 Å². The maximum atomic E-state index is 12.8. The van der Waals surface area contributed by atoms with Gasteiger partial charge in [0.15, 0.2) is 0 Å². The summed E-state index contributed by atoms with van der Waals surface area (Å²) in [6, 6.07) is 21.1. The third kappa shape index (κ3) is 4.33. The molecule has 2 amide bonds. The number of benzene rings is 3. The first kappa shape index (κ1) is 20.0. The second-order valence-electron chi connectivity index (χ2n) is 7.10. The molecular weight excluding hydrogens is 396 g/mol. The number of carbonyl (C=O) groups excluding carboxylic acids is 2. The molecular formula is C24H22N2O3S. The quantitative estimate of drug-likeness (QED) is 0.614. The Balaban J connectivity index is 1.54. The minimum absolute atomic E-state index is 0.0502. The van der Waals surface area contributed by atoms with Crippen LogP contribution in [0, 0.1) is 0 Å². The maximum Gasteiger partial charge on any atom is 0.255 e. The van der Waals surface area contributed by atoms with Gasteiger partial charge in [0.05, 0.1) is 18.0 Å². The van der Waals surface area contributed by atoms with E-state index in [0.717, 1.165) is 21.8 Å². The highest BCUT2D eigenvalue weighted by Crippen LogP contribution is 2.36. The first-order valence-corrected chi connectivity index (χ1v) is 10.5. The first-order chi connectivity index (χ1) is 14.5. The van der Waals surface area contributed by atoms with Gasteiger partial charge in [0, 0.05) is 28.1 Å². The fourth-order valence-electron chi connectivity index (χ4n) is 3.36. The molecule has 0 aromatic heterocycles. The highest BCUT2D eigenvalue weighted by atomic mass is 32.2. The third-order valence-corrected chi connectivity index (χ3v) is 6.13. The van der Waals surface area contributed by atoms with E-state index < -0.39 is 0 Å². The summed E-state index contributed by atoms with van der Waals surface area (Å²) in [5.41, 5.74) is 4.01. The van der Waals surface area contributed by atoms with E-state index in [1.807, 2.05) is 49.4 Å². The standard InChI is InChI=1S/C24H22N2O3S/c1-15-23(27)26-20-14-17(8-11-22(20)30-15)24(28)25-19-9-10-21(29-2)18(13-19)12-16-6-4-3-5-7-16/h3-11,13-15H,12H2,1-2H3,(H,25,28)(H,26,27). The molecule has 1 unspecified atom stereocenters. The van der Waals surface area contributed by atoms with Crippen molar-refractivity contribution in [2.45, 2.75) is 23.5 Å². The van der Waals surface area contributed by atoms with Crippen molar-refractivity contribution >= 4 is 35.0 Å². The number of nitrogens with one attached hydrogen (secondary N) is 2. The molecule has 0 fully saturated rings. The van der Waals surface area contributed by atoms with Crippen molar-refractivity contribution in [2.75, 3.05) is 17.7 Å². The van der Waals surface area contributed by atoms with Gasteiger partial charge >= 0.3 is 0 Å². The van der Waals surface area contributed by atoms with Gasteiger partial charge in [-0.2, -0.15) is 0 Å². The van der Waals surface area contributed by atoms with E-state index in [0.29, 0.717) is 23.4 Å². The van der Waals surface area contributed by atoms with Crippen molar-refractivity contribution in [3.05, 3.63) is 83.4 Å². The van der Waals surface area contributed by atoms with Crippen molar-refractivity contribution < 1.29 is 14.3 Å². The predicted octanol–water partition coefficient (Wildman–Crippen LogP) is 4.97. The Morgan fingerprint density at radius 2 is 1.90 bits per heavy atom. The topological polar surface area (TPSA) is 67.4 Å². The van der Waals surface area contributed by atoms with Gasteiger partial charge in [-0.1, -0.05) is 30.3 Å². The second-order valence-corrected chi connectivity index (χ2v) is 8.49. The van der Waals surface area contributed by atoms with E-state index in [1.165, 1.54) is 11.8 Å². The molecule has 3 aromatic rings. The largest absolute Gasteiger partial charge is 0.496 e. The van der Waals surface area contributed by atoms with Crippen LogP contribution in [0.4, 0.5) is 11.4 Å². The fourth-order valence-corrected chi connectivity index (χ4v) is 4.29. The molecule has 1 aliphatic heterocycles. The van der Waals surface area contributed by atoms with Gasteiger partial charge in [0.1, 0.15) is 5.75 Å². The lowest BCUT2D eigenvalue weighted by atomic mass is 10.0. The number of hydrogen-bond acceptors (Lipinski definition) is 4. The molecule has 0 saturated carbocycles. The van der Waals surface area contributed by atoms with Crippen LogP contribution in [0.15, 0.2) is 71.6 Å². The normalized spacial score (nSPS) is 15.1. The van der Waals surface area contributed by atoms with Crippen LogP contribution in [-0.4, -0.2) is 24.2 Å². The summed E-state index contributed by atoms with van der Waals surface area (Å²) >= 11 is 1.49. The SMILES string of the molecule is COc1ccc(NC(=O)c2ccc3c(c2)NC(=O)C(C)S3)cc1Cc1ccccc1. The second kappa shape index (κ2) is 8.63. The molecule has 5 nitrogen and oxygen atoms in total. The Bertz CT molecular complexity index is 1100. The zero-order valence-electron chi connectivity index (χ0n) is 16.8. The molecule has 0 spiro atoms. The summed E-state index contributed by atoms with van der Waals surface area (Å²) in [7, 11) is 1.64. The average molecular weight is 419 g/mol. The fraction of sp³-hybridized carbons (Fsp3) is 0.167. The van der Waals surface area contributed by atoms with Gasteiger partial charge in [-0.25, -0.2) is 0 Å². The van der Waals surface area contributed by atoms with Crippen LogP contribution in [0.3, 0.4) is 0 Å². The minimum atomic E-state index is -0.230. The number of carbonyl (C=O) groups is 2. The van der Waals surface area contributed by atoms with Crippen LogP contribution in [0.5, 0.6) is 5.75 Å². The summed E-state index contributed by atoms with van der Waals surface area (Å²) in [5.74, 6) is 0.497. The van der Waals surface area contributed by atoms with E-state index in [-0.39, 0.29) is 17.1 Å². The molecule has 0 radical (unpaired) electrons. The number of hydrogen-bond donors (Lipinski definition) is 2. The highest BCUT2D eigenvalue weighted by molar-refractivity contribution is 8.00. The molecule has 0 aliphatic carbocycles. The maximum absolute atomic E-state index is 12.8. The Kier molecular flexibility index (Phi) is 5.77. The van der Waals surface area contributed by atoms with Gasteiger partial charge in [-0.3, -0.25) is 9.59 Å². The average Bonchev–Trinajstić information content (AvgIpc) is 2.75. The Morgan fingerprint density at radius 1 is 1.10 bits per heavy atom. The van der Waals surface area contributed by atoms with Crippen LogP contribution in [-0.2, 0) is 11.2 Å². The lowest BCUT2D eigenvalue weighted by Gasteiger charge is -2.21. The van der Waals surface area contributed by atoms with Gasteiger partial charge in [-0.05, 0) is 48.9 Å². The Morgan fingerprint density at radius 3 is 2.67 bits per heavy atom. The van der Waals surface area contributed by atoms with E-state index in [2.05, 4.69) is 22.8 Å². The smallest absolute Gasteiger partial charge is 0.255 e. The Labute approximate surface area is 179 Å². The van der Waals surface area contributed by atoms with Crippen LogP contribution < -0.4 is 15.4 Å². The van der Waals surface area contributed by atoms with Gasteiger partial charge < -0.3 is 15.4 Å². The molecule has 30 heavy (non-hydrogen) atoms. The molecule has 3 aromatic carbocycles. The van der Waals surface area contributed by atoms with Crippen LogP contribution >= 0.6 is 11.8 Å². The summed E-state index contributed by atoms with van der Waals surface area (Å²) in [5, 5.41) is 5.67. The molecule has 6 heteroatoms. The number of rotatable bonds is 5. The lowest BCUT2D eigenvalue weighted by Crippen LogP contribution is -2.26. The van der Waals surface area contributed by atoms with Crippen LogP contribution in [0.2, 0.25) is 0 Å². The van der Waals surface area contributed by atoms with E-state index in [1.54, 1.807) is 19.2 Å². The number of anilines is 2. The molecule has 1 aliphatic rings. The minimum Gasteiger partial charge on any atom is -0.496 e. The number of thioether (sulfide) groups is 1. The predicted molar refractivity (Wildman–Crippen MR) is 121 cm³/mol. The van der Waals surface area contributed by atoms with Crippen LogP contribution in [0.1, 0.15) is 28.4 Å². The number of amides is 2. The molecule has 4 rings (SSSR count). The Hall–Kier alpha value is -3.25. The molecule has 1 atom stereocenters. The van der Waals surface area contributed by atoms with Crippen LogP contribution in [0.25, 0.3) is 0 Å². The summed E-state index contributed by atoms with van der Waals surface area (Å²) in [6.45, 7) is 1.86. The van der Waals surface area contributed by atoms with Crippen molar-refractivity contribution in [2.24, 2.45) is 0 Å². The summed E-state index contributed by atoms with van der Waals surface area (Å²) < 4.78 is 5.49. The monoisotopic (exact) mass is 418 g/mol. The highest BCUT2D eigenvalue weighted by Gasteiger charge is 2.23. The summed E-state index contributed by atoms with van der Waals surface area (Å²) in [4.78, 5) is 25.7. The van der Waals surface area contributed by atoms with E-state index >= 15 is 0 Å². The lowest BCUT2D eigenvalue weighted by molar-refractivity contribution is -0.115. The zero-order chi connectivity index (χ0) is 21.1. The molecule has 0 bridgehead atoms. The van der Waals surface area contributed by atoms with Crippen molar-refractivity contribution in [1.29, 1.82) is 0 Å². The number of methoxy groups -OCH3 is 1. The van der Waals surface area contributed by atoms with Crippen molar-refractivity contribution in [3.8, 4) is 5.75 Å². The summed E-state index contributed by atoms with van der Waals surface area (Å²) in [6.07, 6.45) is 0.702. The molecule has 0 saturated heterocycles.